The highest BCUT2D eigenvalue weighted by Gasteiger charge is 2.22. The van der Waals surface area contributed by atoms with Crippen LogP contribution in [-0.2, 0) is 16.6 Å². The van der Waals surface area contributed by atoms with Crippen LogP contribution in [0.15, 0.2) is 71.6 Å². The predicted molar refractivity (Wildman–Crippen MR) is 126 cm³/mol. The molecule has 3 N–H and O–H groups in total. The second-order valence-corrected chi connectivity index (χ2v) is 8.97. The fourth-order valence-corrected chi connectivity index (χ4v) is 4.63. The number of hydrogen-bond donors (Lipinski definition) is 3. The molecule has 0 aromatic heterocycles. The molecule has 0 radical (unpaired) electrons. The van der Waals surface area contributed by atoms with Crippen molar-refractivity contribution >= 4 is 39.1 Å². The lowest BCUT2D eigenvalue weighted by Crippen LogP contribution is -2.24. The van der Waals surface area contributed by atoms with Crippen LogP contribution in [0.1, 0.15) is 26.3 Å². The average Bonchev–Trinajstić information content (AvgIpc) is 2.82. The van der Waals surface area contributed by atoms with Crippen LogP contribution in [0.3, 0.4) is 0 Å². The number of hydrogen-bond acceptors (Lipinski definition) is 5. The van der Waals surface area contributed by atoms with Gasteiger partial charge in [0.1, 0.15) is 10.6 Å². The van der Waals surface area contributed by atoms with Crippen LogP contribution in [-0.4, -0.2) is 34.4 Å². The summed E-state index contributed by atoms with van der Waals surface area (Å²) in [6.07, 6.45) is 0. The molecule has 3 aromatic rings. The van der Waals surface area contributed by atoms with Crippen LogP contribution >= 0.6 is 11.6 Å². The Balaban J connectivity index is 1.79. The second-order valence-electron chi connectivity index (χ2n) is 6.91. The minimum absolute atomic E-state index is 0.0350. The SMILES string of the molecule is CNC(=O)c1cccc(CNC(=O)c2ccc(Cl)c(S(=O)(=O)Nc3ccccc3OC)c2)c1. The maximum absolute atomic E-state index is 13.0. The summed E-state index contributed by atoms with van der Waals surface area (Å²) in [6, 6.07) is 17.3. The Morgan fingerprint density at radius 2 is 1.67 bits per heavy atom. The van der Waals surface area contributed by atoms with Gasteiger partial charge in [-0.05, 0) is 48.0 Å². The average molecular weight is 488 g/mol. The first kappa shape index (κ1) is 24.1. The van der Waals surface area contributed by atoms with E-state index in [0.29, 0.717) is 16.9 Å². The van der Waals surface area contributed by atoms with E-state index in [1.54, 1.807) is 48.5 Å². The molecule has 0 fully saturated rings. The molecular weight excluding hydrogens is 466 g/mol. The Bertz CT molecular complexity index is 1290. The lowest BCUT2D eigenvalue weighted by molar-refractivity contribution is 0.0948. The van der Waals surface area contributed by atoms with Crippen LogP contribution in [0.4, 0.5) is 5.69 Å². The summed E-state index contributed by atoms with van der Waals surface area (Å²) in [4.78, 5) is 24.2. The fourth-order valence-electron chi connectivity index (χ4n) is 3.03. The molecule has 172 valence electrons. The Labute approximate surface area is 197 Å². The Kier molecular flexibility index (Phi) is 7.57. The van der Waals surface area contributed by atoms with Crippen molar-refractivity contribution in [3.63, 3.8) is 0 Å². The standard InChI is InChI=1S/C23H22ClN3O5S/c1-25-22(28)16-7-5-6-15(12-16)14-26-23(29)17-10-11-18(24)21(13-17)33(30,31)27-19-8-3-4-9-20(19)32-2/h3-13,27H,14H2,1-2H3,(H,25,28)(H,26,29). The largest absolute Gasteiger partial charge is 0.495 e. The Hall–Kier alpha value is -3.56. The van der Waals surface area contributed by atoms with Crippen molar-refractivity contribution in [2.45, 2.75) is 11.4 Å². The van der Waals surface area contributed by atoms with Gasteiger partial charge in [0, 0.05) is 24.7 Å². The Morgan fingerprint density at radius 3 is 2.39 bits per heavy atom. The van der Waals surface area contributed by atoms with E-state index in [4.69, 9.17) is 16.3 Å². The zero-order chi connectivity index (χ0) is 24.0. The number of rotatable bonds is 8. The molecule has 0 saturated heterocycles. The molecule has 0 aliphatic carbocycles. The maximum atomic E-state index is 13.0. The number of benzene rings is 3. The van der Waals surface area contributed by atoms with Crippen LogP contribution in [0, 0.1) is 0 Å². The molecular formula is C23H22ClN3O5S. The van der Waals surface area contributed by atoms with Crippen molar-refractivity contribution in [2.24, 2.45) is 0 Å². The van der Waals surface area contributed by atoms with Crippen molar-refractivity contribution in [1.82, 2.24) is 10.6 Å². The molecule has 0 atom stereocenters. The number of para-hydroxylation sites is 2. The van der Waals surface area contributed by atoms with Crippen molar-refractivity contribution in [1.29, 1.82) is 0 Å². The molecule has 0 unspecified atom stereocenters. The molecule has 3 rings (SSSR count). The summed E-state index contributed by atoms with van der Waals surface area (Å²) < 4.78 is 33.5. The first-order chi connectivity index (χ1) is 15.7. The van der Waals surface area contributed by atoms with Gasteiger partial charge in [0.15, 0.2) is 0 Å². The molecule has 0 aliphatic rings. The number of methoxy groups -OCH3 is 1. The van der Waals surface area contributed by atoms with E-state index in [9.17, 15) is 18.0 Å². The normalized spacial score (nSPS) is 10.9. The first-order valence-electron chi connectivity index (χ1n) is 9.80. The molecule has 0 bridgehead atoms. The van der Waals surface area contributed by atoms with E-state index >= 15 is 0 Å². The summed E-state index contributed by atoms with van der Waals surface area (Å²) in [5.74, 6) is -0.394. The van der Waals surface area contributed by atoms with Crippen LogP contribution in [0.5, 0.6) is 5.75 Å². The van der Waals surface area contributed by atoms with Gasteiger partial charge in [-0.25, -0.2) is 8.42 Å². The van der Waals surface area contributed by atoms with Gasteiger partial charge in [-0.3, -0.25) is 14.3 Å². The summed E-state index contributed by atoms with van der Waals surface area (Å²) >= 11 is 6.14. The highest BCUT2D eigenvalue weighted by molar-refractivity contribution is 7.92. The van der Waals surface area contributed by atoms with Gasteiger partial charge in [-0.15, -0.1) is 0 Å². The molecule has 8 nitrogen and oxygen atoms in total. The third-order valence-corrected chi connectivity index (χ3v) is 6.55. The highest BCUT2D eigenvalue weighted by atomic mass is 35.5. The van der Waals surface area contributed by atoms with E-state index in [0.717, 1.165) is 0 Å². The van der Waals surface area contributed by atoms with E-state index in [-0.39, 0.29) is 33.6 Å². The number of anilines is 1. The van der Waals surface area contributed by atoms with Gasteiger partial charge in [-0.1, -0.05) is 35.9 Å². The maximum Gasteiger partial charge on any atom is 0.263 e. The molecule has 0 aliphatic heterocycles. The van der Waals surface area contributed by atoms with Gasteiger partial charge in [0.25, 0.3) is 21.8 Å². The van der Waals surface area contributed by atoms with Crippen molar-refractivity contribution in [2.75, 3.05) is 18.9 Å². The Morgan fingerprint density at radius 1 is 0.939 bits per heavy atom. The van der Waals surface area contributed by atoms with E-state index < -0.39 is 15.9 Å². The lowest BCUT2D eigenvalue weighted by atomic mass is 10.1. The van der Waals surface area contributed by atoms with Gasteiger partial charge >= 0.3 is 0 Å². The molecule has 0 saturated carbocycles. The second kappa shape index (κ2) is 10.4. The van der Waals surface area contributed by atoms with E-state index in [1.165, 1.54) is 32.4 Å². The lowest BCUT2D eigenvalue weighted by Gasteiger charge is -2.13. The molecule has 0 heterocycles. The van der Waals surface area contributed by atoms with Crippen LogP contribution in [0.2, 0.25) is 5.02 Å². The minimum Gasteiger partial charge on any atom is -0.495 e. The third kappa shape index (κ3) is 5.82. The number of halogens is 1. The summed E-state index contributed by atoms with van der Waals surface area (Å²) in [6.45, 7) is 0.147. The molecule has 33 heavy (non-hydrogen) atoms. The van der Waals surface area contributed by atoms with Gasteiger partial charge in [0.05, 0.1) is 17.8 Å². The summed E-state index contributed by atoms with van der Waals surface area (Å²) in [7, 11) is -1.14. The number of carbonyl (C=O) groups excluding carboxylic acids is 2. The predicted octanol–water partition coefficient (Wildman–Crippen LogP) is 3.44. The molecule has 10 heteroatoms. The van der Waals surface area contributed by atoms with E-state index in [1.807, 2.05) is 0 Å². The van der Waals surface area contributed by atoms with Crippen molar-refractivity contribution in [3.05, 3.63) is 88.4 Å². The van der Waals surface area contributed by atoms with Gasteiger partial charge in [0.2, 0.25) is 0 Å². The minimum atomic E-state index is -4.10. The first-order valence-corrected chi connectivity index (χ1v) is 11.7. The monoisotopic (exact) mass is 487 g/mol. The highest BCUT2D eigenvalue weighted by Crippen LogP contribution is 2.29. The molecule has 3 aromatic carbocycles. The van der Waals surface area contributed by atoms with Gasteiger partial charge < -0.3 is 15.4 Å². The topological polar surface area (TPSA) is 114 Å². The fraction of sp³-hybridized carbons (Fsp3) is 0.130. The number of nitrogens with one attached hydrogen (secondary N) is 3. The number of sulfonamides is 1. The third-order valence-electron chi connectivity index (χ3n) is 4.70. The van der Waals surface area contributed by atoms with Gasteiger partial charge in [-0.2, -0.15) is 0 Å². The van der Waals surface area contributed by atoms with Crippen LogP contribution in [0.25, 0.3) is 0 Å². The van der Waals surface area contributed by atoms with Crippen molar-refractivity contribution in [3.8, 4) is 5.75 Å². The zero-order valence-electron chi connectivity index (χ0n) is 17.9. The summed E-state index contributed by atoms with van der Waals surface area (Å²) in [5, 5.41) is 5.22. The molecule has 0 spiro atoms. The van der Waals surface area contributed by atoms with Crippen molar-refractivity contribution < 1.29 is 22.7 Å². The quantitative estimate of drug-likeness (QED) is 0.450. The van der Waals surface area contributed by atoms with E-state index in [2.05, 4.69) is 15.4 Å². The molecule has 2 amide bonds. The number of ether oxygens (including phenoxy) is 1. The zero-order valence-corrected chi connectivity index (χ0v) is 19.5. The summed E-state index contributed by atoms with van der Waals surface area (Å²) in [5.41, 5.74) is 1.53. The number of amides is 2. The smallest absolute Gasteiger partial charge is 0.263 e. The van der Waals surface area contributed by atoms with Crippen LogP contribution < -0.4 is 20.1 Å². The number of carbonyl (C=O) groups is 2.